The van der Waals surface area contributed by atoms with Crippen LogP contribution in [-0.4, -0.2) is 38.6 Å². The lowest BCUT2D eigenvalue weighted by atomic mass is 10.2. The van der Waals surface area contributed by atoms with E-state index in [1.165, 1.54) is 12.1 Å². The third kappa shape index (κ3) is 4.87. The van der Waals surface area contributed by atoms with Gasteiger partial charge >= 0.3 is 0 Å². The second kappa shape index (κ2) is 8.39. The molecule has 138 valence electrons. The molecule has 0 spiro atoms. The van der Waals surface area contributed by atoms with Crippen molar-refractivity contribution in [1.82, 2.24) is 15.0 Å². The molecule has 1 aromatic heterocycles. The number of amides is 1. The average molecular weight is 375 g/mol. The van der Waals surface area contributed by atoms with Gasteiger partial charge in [-0.3, -0.25) is 9.78 Å². The minimum absolute atomic E-state index is 0.0597. The minimum atomic E-state index is -3.69. The summed E-state index contributed by atoms with van der Waals surface area (Å²) in [6.07, 6.45) is 5.02. The highest BCUT2D eigenvalue weighted by Gasteiger charge is 2.21. The molecule has 0 saturated carbocycles. The highest BCUT2D eigenvalue weighted by Crippen LogP contribution is 2.14. The molecule has 2 heterocycles. The van der Waals surface area contributed by atoms with Crippen LogP contribution in [0.3, 0.4) is 0 Å². The van der Waals surface area contributed by atoms with Crippen LogP contribution < -0.4 is 10.0 Å². The van der Waals surface area contributed by atoms with Gasteiger partial charge in [-0.2, -0.15) is 0 Å². The summed E-state index contributed by atoms with van der Waals surface area (Å²) in [5.41, 5.74) is 1.15. The van der Waals surface area contributed by atoms with Gasteiger partial charge in [-0.25, -0.2) is 13.1 Å². The fourth-order valence-corrected chi connectivity index (χ4v) is 3.79. The number of pyridine rings is 1. The SMILES string of the molecule is O=C(NCc1cccnc1)c1cccc(S(=O)(=O)NCC2CCCO2)c1. The second-order valence-corrected chi connectivity index (χ2v) is 7.83. The van der Waals surface area contributed by atoms with Gasteiger partial charge in [0.1, 0.15) is 0 Å². The highest BCUT2D eigenvalue weighted by atomic mass is 32.2. The Hall–Kier alpha value is -2.29. The summed E-state index contributed by atoms with van der Waals surface area (Å²) in [6.45, 7) is 1.22. The number of sulfonamides is 1. The van der Waals surface area contributed by atoms with Crippen LogP contribution in [0.1, 0.15) is 28.8 Å². The van der Waals surface area contributed by atoms with Crippen LogP contribution in [0.2, 0.25) is 0 Å². The molecule has 0 bridgehead atoms. The highest BCUT2D eigenvalue weighted by molar-refractivity contribution is 7.89. The molecule has 2 N–H and O–H groups in total. The van der Waals surface area contributed by atoms with E-state index >= 15 is 0 Å². The van der Waals surface area contributed by atoms with Crippen molar-refractivity contribution in [3.05, 3.63) is 59.9 Å². The molecule has 1 amide bonds. The van der Waals surface area contributed by atoms with Crippen molar-refractivity contribution in [2.75, 3.05) is 13.2 Å². The van der Waals surface area contributed by atoms with Gasteiger partial charge in [0.05, 0.1) is 11.0 Å². The van der Waals surface area contributed by atoms with Gasteiger partial charge in [0.15, 0.2) is 0 Å². The van der Waals surface area contributed by atoms with E-state index in [0.717, 1.165) is 18.4 Å². The van der Waals surface area contributed by atoms with Crippen LogP contribution in [0.5, 0.6) is 0 Å². The first-order valence-electron chi connectivity index (χ1n) is 8.43. The molecule has 0 radical (unpaired) electrons. The largest absolute Gasteiger partial charge is 0.377 e. The Balaban J connectivity index is 1.63. The topological polar surface area (TPSA) is 97.4 Å². The normalized spacial score (nSPS) is 17.2. The first kappa shape index (κ1) is 18.5. The summed E-state index contributed by atoms with van der Waals surface area (Å²) in [6, 6.07) is 9.61. The van der Waals surface area contributed by atoms with E-state index in [2.05, 4.69) is 15.0 Å². The van der Waals surface area contributed by atoms with Crippen molar-refractivity contribution in [3.8, 4) is 0 Å². The van der Waals surface area contributed by atoms with Gasteiger partial charge in [-0.1, -0.05) is 12.1 Å². The number of hydrogen-bond acceptors (Lipinski definition) is 5. The maximum Gasteiger partial charge on any atom is 0.251 e. The Bertz CT molecular complexity index is 850. The van der Waals surface area contributed by atoms with Gasteiger partial charge in [0, 0.05) is 37.7 Å². The predicted octanol–water partition coefficient (Wildman–Crippen LogP) is 1.47. The summed E-state index contributed by atoms with van der Waals surface area (Å²) in [5, 5.41) is 2.76. The molecule has 0 aliphatic carbocycles. The number of hydrogen-bond donors (Lipinski definition) is 2. The molecule has 7 nitrogen and oxygen atoms in total. The van der Waals surface area contributed by atoms with Crippen LogP contribution >= 0.6 is 0 Å². The van der Waals surface area contributed by atoms with E-state index in [1.54, 1.807) is 30.6 Å². The third-order valence-electron chi connectivity index (χ3n) is 4.11. The molecule has 1 aliphatic heterocycles. The van der Waals surface area contributed by atoms with Crippen molar-refractivity contribution >= 4 is 15.9 Å². The predicted molar refractivity (Wildman–Crippen MR) is 96.0 cm³/mol. The fourth-order valence-electron chi connectivity index (χ4n) is 2.68. The molecule has 1 unspecified atom stereocenters. The zero-order chi connectivity index (χ0) is 18.4. The molecule has 26 heavy (non-hydrogen) atoms. The zero-order valence-corrected chi connectivity index (χ0v) is 15.0. The Labute approximate surface area is 152 Å². The van der Waals surface area contributed by atoms with Crippen LogP contribution in [0, 0.1) is 0 Å². The number of carbonyl (C=O) groups is 1. The Morgan fingerprint density at radius 2 is 2.15 bits per heavy atom. The molecule has 3 rings (SSSR count). The van der Waals surface area contributed by atoms with Gasteiger partial charge in [-0.05, 0) is 42.7 Å². The van der Waals surface area contributed by atoms with Crippen LogP contribution in [0.25, 0.3) is 0 Å². The quantitative estimate of drug-likeness (QED) is 0.764. The molecular formula is C18H21N3O4S. The molecule has 1 atom stereocenters. The van der Waals surface area contributed by atoms with E-state index in [9.17, 15) is 13.2 Å². The smallest absolute Gasteiger partial charge is 0.251 e. The molecule has 1 saturated heterocycles. The summed E-state index contributed by atoms with van der Waals surface area (Å²) >= 11 is 0. The van der Waals surface area contributed by atoms with Crippen LogP contribution in [0.4, 0.5) is 0 Å². The third-order valence-corrected chi connectivity index (χ3v) is 5.53. The monoisotopic (exact) mass is 375 g/mol. The van der Waals surface area contributed by atoms with Gasteiger partial charge in [0.2, 0.25) is 10.0 Å². The lowest BCUT2D eigenvalue weighted by molar-refractivity contribution is 0.0950. The molecule has 8 heteroatoms. The standard InChI is InChI=1S/C18H21N3O4S/c22-18(20-12-14-4-2-8-19-11-14)15-5-1-7-17(10-15)26(23,24)21-13-16-6-3-9-25-16/h1-2,4-5,7-8,10-11,16,21H,3,6,9,12-13H2,(H,20,22). The average Bonchev–Trinajstić information content (AvgIpc) is 3.19. The summed E-state index contributed by atoms with van der Waals surface area (Å²) in [7, 11) is -3.69. The van der Waals surface area contributed by atoms with Crippen LogP contribution in [0.15, 0.2) is 53.7 Å². The van der Waals surface area contributed by atoms with Crippen molar-refractivity contribution in [2.24, 2.45) is 0 Å². The minimum Gasteiger partial charge on any atom is -0.377 e. The number of nitrogens with zero attached hydrogens (tertiary/aromatic N) is 1. The fraction of sp³-hybridized carbons (Fsp3) is 0.333. The second-order valence-electron chi connectivity index (χ2n) is 6.06. The lowest BCUT2D eigenvalue weighted by Crippen LogP contribution is -2.32. The Kier molecular flexibility index (Phi) is 5.97. The lowest BCUT2D eigenvalue weighted by Gasteiger charge is -2.12. The maximum absolute atomic E-state index is 12.4. The van der Waals surface area contributed by atoms with Crippen molar-refractivity contribution in [1.29, 1.82) is 0 Å². The van der Waals surface area contributed by atoms with E-state index in [4.69, 9.17) is 4.74 Å². The van der Waals surface area contributed by atoms with Gasteiger partial charge in [0.25, 0.3) is 5.91 Å². The Morgan fingerprint density at radius 1 is 1.27 bits per heavy atom. The van der Waals surface area contributed by atoms with E-state index in [0.29, 0.717) is 13.2 Å². The summed E-state index contributed by atoms with van der Waals surface area (Å²) in [4.78, 5) is 16.3. The van der Waals surface area contributed by atoms with Crippen molar-refractivity contribution in [2.45, 2.75) is 30.4 Å². The molecule has 1 aromatic carbocycles. The molecular weight excluding hydrogens is 354 g/mol. The number of rotatable bonds is 7. The van der Waals surface area contributed by atoms with Gasteiger partial charge < -0.3 is 10.1 Å². The van der Waals surface area contributed by atoms with Gasteiger partial charge in [-0.15, -0.1) is 0 Å². The van der Waals surface area contributed by atoms with E-state index < -0.39 is 10.0 Å². The summed E-state index contributed by atoms with van der Waals surface area (Å²) in [5.74, 6) is -0.343. The molecule has 1 fully saturated rings. The number of carbonyl (C=O) groups excluding carboxylic acids is 1. The molecule has 1 aliphatic rings. The first-order valence-corrected chi connectivity index (χ1v) is 9.91. The van der Waals surface area contributed by atoms with Crippen molar-refractivity contribution in [3.63, 3.8) is 0 Å². The van der Waals surface area contributed by atoms with E-state index in [-0.39, 0.29) is 29.0 Å². The summed E-state index contributed by atoms with van der Waals surface area (Å²) < 4.78 is 32.8. The zero-order valence-electron chi connectivity index (χ0n) is 14.2. The maximum atomic E-state index is 12.4. The van der Waals surface area contributed by atoms with Crippen molar-refractivity contribution < 1.29 is 17.9 Å². The van der Waals surface area contributed by atoms with Crippen LogP contribution in [-0.2, 0) is 21.3 Å². The number of benzene rings is 1. The number of nitrogens with one attached hydrogen (secondary N) is 2. The number of ether oxygens (including phenoxy) is 1. The number of aromatic nitrogens is 1. The molecule has 2 aromatic rings. The Morgan fingerprint density at radius 3 is 2.88 bits per heavy atom. The first-order chi connectivity index (χ1) is 12.5. The van der Waals surface area contributed by atoms with E-state index in [1.807, 2.05) is 6.07 Å².